The number of nitrogens with zero attached hydrogens (tertiary/aromatic N) is 2. The Morgan fingerprint density at radius 2 is 0.786 bits per heavy atom. The second-order valence-corrected chi connectivity index (χ2v) is 9.76. The Hall–Kier alpha value is -4.80. The van der Waals surface area contributed by atoms with Crippen LogP contribution in [0.1, 0.15) is 36.8 Å². The highest BCUT2D eigenvalue weighted by Gasteiger charge is 2.06. The lowest BCUT2D eigenvalue weighted by Crippen LogP contribution is -2.16. The monoisotopic (exact) mass is 570 g/mol. The van der Waals surface area contributed by atoms with Crippen molar-refractivity contribution in [2.24, 2.45) is 0 Å². The van der Waals surface area contributed by atoms with Crippen LogP contribution in [-0.2, 0) is 13.1 Å². The van der Waals surface area contributed by atoms with Gasteiger partial charge in [-0.15, -0.1) is 0 Å². The van der Waals surface area contributed by atoms with Crippen LogP contribution in [0.15, 0.2) is 97.1 Å². The zero-order valence-corrected chi connectivity index (χ0v) is 23.2. The molecule has 10 heteroatoms. The van der Waals surface area contributed by atoms with Gasteiger partial charge in [0, 0.05) is 37.4 Å². The summed E-state index contributed by atoms with van der Waals surface area (Å²) in [5, 5.41) is 28.5. The summed E-state index contributed by atoms with van der Waals surface area (Å²) in [6.07, 6.45) is 4.59. The van der Waals surface area contributed by atoms with Gasteiger partial charge in [-0.3, -0.25) is 20.2 Å². The van der Waals surface area contributed by atoms with Gasteiger partial charge in [-0.25, -0.2) is 0 Å². The molecule has 0 aliphatic carbocycles. The van der Waals surface area contributed by atoms with Crippen molar-refractivity contribution in [1.29, 1.82) is 0 Å². The molecule has 42 heavy (non-hydrogen) atoms. The molecule has 0 atom stereocenters. The van der Waals surface area contributed by atoms with Crippen LogP contribution in [0.4, 0.5) is 11.4 Å². The van der Waals surface area contributed by atoms with Crippen LogP contribution in [0.5, 0.6) is 23.0 Å². The highest BCUT2D eigenvalue weighted by Crippen LogP contribution is 2.25. The highest BCUT2D eigenvalue weighted by molar-refractivity contribution is 5.40. The molecule has 218 valence electrons. The van der Waals surface area contributed by atoms with E-state index in [1.54, 1.807) is 24.3 Å². The predicted octanol–water partition coefficient (Wildman–Crippen LogP) is 7.53. The van der Waals surface area contributed by atoms with E-state index in [-0.39, 0.29) is 11.4 Å². The van der Waals surface area contributed by atoms with Crippen molar-refractivity contribution in [3.63, 3.8) is 0 Å². The topological polar surface area (TPSA) is 129 Å². The van der Waals surface area contributed by atoms with Crippen molar-refractivity contribution < 1.29 is 19.3 Å². The van der Waals surface area contributed by atoms with Gasteiger partial charge in [-0.2, -0.15) is 0 Å². The highest BCUT2D eigenvalue weighted by atomic mass is 16.6. The molecule has 0 amide bonds. The lowest BCUT2D eigenvalue weighted by molar-refractivity contribution is -0.385. The molecule has 0 heterocycles. The maximum atomic E-state index is 10.8. The van der Waals surface area contributed by atoms with Crippen LogP contribution in [-0.4, -0.2) is 22.9 Å². The Bertz CT molecular complexity index is 1300. The quantitative estimate of drug-likeness (QED) is 0.0757. The number of nitro benzene ring substituents is 2. The molecule has 10 nitrogen and oxygen atoms in total. The summed E-state index contributed by atoms with van der Waals surface area (Å²) in [5.41, 5.74) is 2.41. The number of nitro groups is 2. The van der Waals surface area contributed by atoms with Gasteiger partial charge in [-0.1, -0.05) is 37.1 Å². The number of unbranched alkanes of at least 4 members (excludes halogenated alkanes) is 3. The van der Waals surface area contributed by atoms with Crippen molar-refractivity contribution in [1.82, 2.24) is 10.6 Å². The number of benzene rings is 4. The Balaban J connectivity index is 1.01. The molecule has 0 aliphatic heterocycles. The molecule has 0 saturated heterocycles. The van der Waals surface area contributed by atoms with E-state index in [0.29, 0.717) is 23.0 Å². The second kappa shape index (κ2) is 15.8. The van der Waals surface area contributed by atoms with E-state index in [1.807, 2.05) is 48.5 Å². The predicted molar refractivity (Wildman–Crippen MR) is 161 cm³/mol. The maximum absolute atomic E-state index is 10.8. The van der Waals surface area contributed by atoms with Crippen molar-refractivity contribution >= 4 is 11.4 Å². The standard InChI is InChI=1S/C32H34N4O6/c37-35(38)27-9-17-31(18-10-27)41-29-13-5-25(6-14-29)23-33-21-3-1-2-4-22-34-24-26-7-15-30(16-8-26)42-32-19-11-28(12-20-32)36(39)40/h5-20,33-34H,1-4,21-24H2. The fraction of sp³-hybridized carbons (Fsp3) is 0.250. The van der Waals surface area contributed by atoms with Crippen LogP contribution in [0, 0.1) is 20.2 Å². The smallest absolute Gasteiger partial charge is 0.269 e. The average molecular weight is 571 g/mol. The molecule has 4 rings (SSSR count). The fourth-order valence-electron chi connectivity index (χ4n) is 4.21. The summed E-state index contributed by atoms with van der Waals surface area (Å²) in [6, 6.07) is 27.7. The van der Waals surface area contributed by atoms with Crippen LogP contribution < -0.4 is 20.1 Å². The van der Waals surface area contributed by atoms with E-state index in [0.717, 1.165) is 39.0 Å². The third-order valence-corrected chi connectivity index (χ3v) is 6.53. The van der Waals surface area contributed by atoms with Crippen molar-refractivity contribution in [2.45, 2.75) is 38.8 Å². The maximum Gasteiger partial charge on any atom is 0.269 e. The van der Waals surface area contributed by atoms with Gasteiger partial charge in [0.15, 0.2) is 0 Å². The van der Waals surface area contributed by atoms with Crippen LogP contribution >= 0.6 is 0 Å². The number of hydrogen-bond donors (Lipinski definition) is 2. The van der Waals surface area contributed by atoms with E-state index < -0.39 is 9.85 Å². The molecule has 0 aliphatic rings. The van der Waals surface area contributed by atoms with Gasteiger partial charge >= 0.3 is 0 Å². The molecule has 4 aromatic rings. The largest absolute Gasteiger partial charge is 0.457 e. The minimum atomic E-state index is -0.432. The first-order valence-corrected chi connectivity index (χ1v) is 13.9. The minimum absolute atomic E-state index is 0.0375. The Labute approximate surface area is 244 Å². The first-order chi connectivity index (χ1) is 20.5. The molecule has 0 bridgehead atoms. The van der Waals surface area contributed by atoms with Gasteiger partial charge in [0.1, 0.15) is 23.0 Å². The lowest BCUT2D eigenvalue weighted by Gasteiger charge is -2.09. The molecular weight excluding hydrogens is 536 g/mol. The number of nitrogens with one attached hydrogen (secondary N) is 2. The fourth-order valence-corrected chi connectivity index (χ4v) is 4.21. The molecule has 2 N–H and O–H groups in total. The van der Waals surface area contributed by atoms with Gasteiger partial charge in [0.2, 0.25) is 0 Å². The third kappa shape index (κ3) is 9.99. The summed E-state index contributed by atoms with van der Waals surface area (Å²) < 4.78 is 11.5. The van der Waals surface area contributed by atoms with Crippen molar-refractivity contribution in [3.8, 4) is 23.0 Å². The van der Waals surface area contributed by atoms with Gasteiger partial charge in [-0.05, 0) is 85.6 Å². The molecule has 0 spiro atoms. The molecule has 4 aromatic carbocycles. The second-order valence-electron chi connectivity index (χ2n) is 9.76. The van der Waals surface area contributed by atoms with Gasteiger partial charge < -0.3 is 20.1 Å². The molecule has 0 saturated carbocycles. The SMILES string of the molecule is O=[N+]([O-])c1ccc(Oc2ccc(CNCCCCCCNCc3ccc(Oc4ccc([N+](=O)[O-])cc4)cc3)cc2)cc1. The van der Waals surface area contributed by atoms with Crippen LogP contribution in [0.25, 0.3) is 0 Å². The molecule has 0 radical (unpaired) electrons. The van der Waals surface area contributed by atoms with Gasteiger partial charge in [0.05, 0.1) is 9.85 Å². The van der Waals surface area contributed by atoms with E-state index in [2.05, 4.69) is 10.6 Å². The van der Waals surface area contributed by atoms with E-state index in [9.17, 15) is 20.2 Å². The summed E-state index contributed by atoms with van der Waals surface area (Å²) in [7, 11) is 0. The molecular formula is C32H34N4O6. The van der Waals surface area contributed by atoms with Crippen LogP contribution in [0.2, 0.25) is 0 Å². The number of rotatable bonds is 17. The minimum Gasteiger partial charge on any atom is -0.457 e. The zero-order valence-electron chi connectivity index (χ0n) is 23.2. The first kappa shape index (κ1) is 30.2. The number of ether oxygens (including phenoxy) is 2. The van der Waals surface area contributed by atoms with Crippen molar-refractivity contribution in [3.05, 3.63) is 128 Å². The van der Waals surface area contributed by atoms with E-state index in [4.69, 9.17) is 9.47 Å². The zero-order chi connectivity index (χ0) is 29.6. The van der Waals surface area contributed by atoms with Crippen molar-refractivity contribution in [2.75, 3.05) is 13.1 Å². The average Bonchev–Trinajstić information content (AvgIpc) is 3.00. The first-order valence-electron chi connectivity index (χ1n) is 13.9. The van der Waals surface area contributed by atoms with Gasteiger partial charge in [0.25, 0.3) is 11.4 Å². The number of hydrogen-bond acceptors (Lipinski definition) is 8. The summed E-state index contributed by atoms with van der Waals surface area (Å²) in [4.78, 5) is 20.6. The van der Waals surface area contributed by atoms with E-state index >= 15 is 0 Å². The Morgan fingerprint density at radius 1 is 0.476 bits per heavy atom. The molecule has 0 fully saturated rings. The van der Waals surface area contributed by atoms with Crippen LogP contribution in [0.3, 0.4) is 0 Å². The normalized spacial score (nSPS) is 10.8. The summed E-state index contributed by atoms with van der Waals surface area (Å²) in [5.74, 6) is 2.49. The Morgan fingerprint density at radius 3 is 1.10 bits per heavy atom. The summed E-state index contributed by atoms with van der Waals surface area (Å²) >= 11 is 0. The summed E-state index contributed by atoms with van der Waals surface area (Å²) in [6.45, 7) is 3.50. The lowest BCUT2D eigenvalue weighted by atomic mass is 10.1. The number of non-ortho nitro benzene ring substituents is 2. The third-order valence-electron chi connectivity index (χ3n) is 6.53. The molecule has 0 aromatic heterocycles. The Kier molecular flexibility index (Phi) is 11.4. The molecule has 0 unspecified atom stereocenters. The van der Waals surface area contributed by atoms with E-state index in [1.165, 1.54) is 48.2 Å².